The molecule has 0 aliphatic carbocycles. The van der Waals surface area contributed by atoms with Gasteiger partial charge in [-0.25, -0.2) is 0 Å². The highest BCUT2D eigenvalue weighted by Gasteiger charge is 2.02. The summed E-state index contributed by atoms with van der Waals surface area (Å²) < 4.78 is 0. The molecule has 0 amide bonds. The summed E-state index contributed by atoms with van der Waals surface area (Å²) in [6, 6.07) is 6.77. The lowest BCUT2D eigenvalue weighted by molar-refractivity contribution is 0.732. The van der Waals surface area contributed by atoms with E-state index in [1.54, 1.807) is 0 Å². The number of hydrogen-bond donors (Lipinski definition) is 0. The summed E-state index contributed by atoms with van der Waals surface area (Å²) in [5.41, 5.74) is 4.27. The molecule has 80 valence electrons. The average Bonchev–Trinajstić information content (AvgIpc) is 2.24. The molecule has 14 heavy (non-hydrogen) atoms. The topological polar surface area (TPSA) is 0 Å². The van der Waals surface area contributed by atoms with Crippen LogP contribution in [-0.2, 0) is 0 Å². The zero-order valence-electron chi connectivity index (χ0n) is 10.5. The maximum absolute atomic E-state index is 2.31. The van der Waals surface area contributed by atoms with Crippen molar-refractivity contribution in [1.82, 2.24) is 0 Å². The Morgan fingerprint density at radius 3 is 2.07 bits per heavy atom. The largest absolute Gasteiger partial charge is 0.0683 e. The SMILES string of the molecule is CC.CCC(C)c1ccc(C)c(C)c1. The molecule has 0 fully saturated rings. The normalized spacial score (nSPS) is 11.6. The van der Waals surface area contributed by atoms with E-state index in [0.717, 1.165) is 0 Å². The minimum atomic E-state index is 0.698. The Hall–Kier alpha value is -0.780. The van der Waals surface area contributed by atoms with Crippen molar-refractivity contribution in [2.45, 2.75) is 53.9 Å². The quantitative estimate of drug-likeness (QED) is 0.628. The zero-order valence-corrected chi connectivity index (χ0v) is 10.5. The van der Waals surface area contributed by atoms with Crippen LogP contribution in [0.3, 0.4) is 0 Å². The fraction of sp³-hybridized carbons (Fsp3) is 0.571. The Morgan fingerprint density at radius 2 is 1.64 bits per heavy atom. The number of benzene rings is 1. The molecule has 0 heterocycles. The number of hydrogen-bond acceptors (Lipinski definition) is 0. The van der Waals surface area contributed by atoms with Gasteiger partial charge in [-0.15, -0.1) is 0 Å². The average molecular weight is 192 g/mol. The van der Waals surface area contributed by atoms with Gasteiger partial charge in [0.1, 0.15) is 0 Å². The monoisotopic (exact) mass is 192 g/mol. The van der Waals surface area contributed by atoms with Gasteiger partial charge in [0.15, 0.2) is 0 Å². The second-order valence-electron chi connectivity index (χ2n) is 3.65. The van der Waals surface area contributed by atoms with E-state index in [4.69, 9.17) is 0 Å². The van der Waals surface area contributed by atoms with Crippen LogP contribution in [0.5, 0.6) is 0 Å². The van der Waals surface area contributed by atoms with Gasteiger partial charge in [-0.2, -0.15) is 0 Å². The lowest BCUT2D eigenvalue weighted by Gasteiger charge is -2.10. The van der Waals surface area contributed by atoms with Crippen LogP contribution in [0.1, 0.15) is 56.7 Å². The second kappa shape index (κ2) is 6.64. The maximum Gasteiger partial charge on any atom is -0.0193 e. The smallest absolute Gasteiger partial charge is 0.0193 e. The van der Waals surface area contributed by atoms with Crippen LogP contribution in [0, 0.1) is 13.8 Å². The third kappa shape index (κ3) is 3.53. The summed E-state index contributed by atoms with van der Waals surface area (Å²) in [6.45, 7) is 12.9. The standard InChI is InChI=1S/C12H18.C2H6/c1-5-9(2)12-7-6-10(3)11(4)8-12;1-2/h6-9H,5H2,1-4H3;1-2H3. The van der Waals surface area contributed by atoms with Gasteiger partial charge in [-0.05, 0) is 42.9 Å². The van der Waals surface area contributed by atoms with Crippen LogP contribution >= 0.6 is 0 Å². The van der Waals surface area contributed by atoms with Crippen molar-refractivity contribution in [2.75, 3.05) is 0 Å². The van der Waals surface area contributed by atoms with Crippen LogP contribution in [0.4, 0.5) is 0 Å². The highest BCUT2D eigenvalue weighted by molar-refractivity contribution is 5.31. The first-order valence-electron chi connectivity index (χ1n) is 5.72. The Labute approximate surface area is 89.4 Å². The van der Waals surface area contributed by atoms with Crippen LogP contribution in [0.2, 0.25) is 0 Å². The lowest BCUT2D eigenvalue weighted by atomic mass is 9.95. The molecule has 1 aromatic carbocycles. The maximum atomic E-state index is 2.31. The first-order valence-corrected chi connectivity index (χ1v) is 5.72. The molecule has 1 atom stereocenters. The molecule has 0 nitrogen and oxygen atoms in total. The van der Waals surface area contributed by atoms with E-state index < -0.39 is 0 Å². The van der Waals surface area contributed by atoms with E-state index in [9.17, 15) is 0 Å². The molecule has 1 unspecified atom stereocenters. The van der Waals surface area contributed by atoms with Crippen molar-refractivity contribution < 1.29 is 0 Å². The van der Waals surface area contributed by atoms with Crippen molar-refractivity contribution in [3.05, 3.63) is 34.9 Å². The summed E-state index contributed by atoms with van der Waals surface area (Å²) >= 11 is 0. The predicted octanol–water partition coefficient (Wildman–Crippen LogP) is 4.84. The van der Waals surface area contributed by atoms with Gasteiger partial charge in [0.25, 0.3) is 0 Å². The third-order valence-corrected chi connectivity index (χ3v) is 2.71. The van der Waals surface area contributed by atoms with Gasteiger partial charge >= 0.3 is 0 Å². The molecule has 0 aromatic heterocycles. The van der Waals surface area contributed by atoms with E-state index in [-0.39, 0.29) is 0 Å². The summed E-state index contributed by atoms with van der Waals surface area (Å²) in [5.74, 6) is 0.698. The number of aryl methyl sites for hydroxylation is 2. The molecule has 0 heteroatoms. The molecular formula is C14H24. The van der Waals surface area contributed by atoms with E-state index in [0.29, 0.717) is 5.92 Å². The Bertz CT molecular complexity index is 261. The summed E-state index contributed by atoms with van der Waals surface area (Å²) in [6.07, 6.45) is 1.22. The first-order chi connectivity index (χ1) is 6.65. The fourth-order valence-corrected chi connectivity index (χ4v) is 1.31. The Balaban J connectivity index is 0.000000791. The van der Waals surface area contributed by atoms with E-state index in [1.807, 2.05) is 13.8 Å². The van der Waals surface area contributed by atoms with Gasteiger partial charge in [0, 0.05) is 0 Å². The van der Waals surface area contributed by atoms with Crippen LogP contribution in [0.25, 0.3) is 0 Å². The molecule has 0 aliphatic rings. The molecule has 1 rings (SSSR count). The predicted molar refractivity (Wildman–Crippen MR) is 66.0 cm³/mol. The van der Waals surface area contributed by atoms with Gasteiger partial charge < -0.3 is 0 Å². The molecule has 0 spiro atoms. The zero-order chi connectivity index (χ0) is 11.1. The minimum Gasteiger partial charge on any atom is -0.0683 e. The van der Waals surface area contributed by atoms with Gasteiger partial charge in [-0.3, -0.25) is 0 Å². The Morgan fingerprint density at radius 1 is 1.07 bits per heavy atom. The first kappa shape index (κ1) is 13.2. The third-order valence-electron chi connectivity index (χ3n) is 2.71. The van der Waals surface area contributed by atoms with Gasteiger partial charge in [0.05, 0.1) is 0 Å². The minimum absolute atomic E-state index is 0.698. The van der Waals surface area contributed by atoms with E-state index >= 15 is 0 Å². The van der Waals surface area contributed by atoms with Gasteiger partial charge in [-0.1, -0.05) is 45.9 Å². The van der Waals surface area contributed by atoms with Crippen molar-refractivity contribution >= 4 is 0 Å². The van der Waals surface area contributed by atoms with Crippen molar-refractivity contribution in [1.29, 1.82) is 0 Å². The van der Waals surface area contributed by atoms with Crippen LogP contribution < -0.4 is 0 Å². The Kier molecular flexibility index (Phi) is 6.27. The molecule has 0 aliphatic heterocycles. The second-order valence-corrected chi connectivity index (χ2v) is 3.65. The summed E-state index contributed by atoms with van der Waals surface area (Å²) in [5, 5.41) is 0. The highest BCUT2D eigenvalue weighted by atomic mass is 14.1. The van der Waals surface area contributed by atoms with E-state index in [1.165, 1.54) is 23.1 Å². The molecule has 0 saturated carbocycles. The molecular weight excluding hydrogens is 168 g/mol. The lowest BCUT2D eigenvalue weighted by Crippen LogP contribution is -1.92. The summed E-state index contributed by atoms with van der Waals surface area (Å²) in [7, 11) is 0. The fourth-order valence-electron chi connectivity index (χ4n) is 1.31. The van der Waals surface area contributed by atoms with Crippen molar-refractivity contribution in [2.24, 2.45) is 0 Å². The van der Waals surface area contributed by atoms with Crippen molar-refractivity contribution in [3.63, 3.8) is 0 Å². The van der Waals surface area contributed by atoms with Crippen LogP contribution in [-0.4, -0.2) is 0 Å². The molecule has 0 bridgehead atoms. The van der Waals surface area contributed by atoms with Crippen molar-refractivity contribution in [3.8, 4) is 0 Å². The molecule has 0 radical (unpaired) electrons. The van der Waals surface area contributed by atoms with Crippen LogP contribution in [0.15, 0.2) is 18.2 Å². The molecule has 0 N–H and O–H groups in total. The molecule has 0 saturated heterocycles. The van der Waals surface area contributed by atoms with Gasteiger partial charge in [0.2, 0.25) is 0 Å². The highest BCUT2D eigenvalue weighted by Crippen LogP contribution is 2.20. The summed E-state index contributed by atoms with van der Waals surface area (Å²) in [4.78, 5) is 0. The van der Waals surface area contributed by atoms with E-state index in [2.05, 4.69) is 45.9 Å². The number of rotatable bonds is 2. The molecule has 1 aromatic rings.